The lowest BCUT2D eigenvalue weighted by molar-refractivity contribution is -0.144. The van der Waals surface area contributed by atoms with Crippen LogP contribution in [-0.2, 0) is 9.59 Å². The number of carbonyl (C=O) groups excluding carboxylic acids is 1. The van der Waals surface area contributed by atoms with Crippen LogP contribution in [0.1, 0.15) is 26.2 Å². The largest absolute Gasteiger partial charge is 0.479 e. The Hall–Kier alpha value is -1.40. The monoisotopic (exact) mass is 268 g/mol. The van der Waals surface area contributed by atoms with Crippen molar-refractivity contribution in [2.75, 3.05) is 6.54 Å². The molecule has 1 unspecified atom stereocenters. The normalized spacial score (nSPS) is 40.7. The van der Waals surface area contributed by atoms with E-state index in [1.54, 1.807) is 6.08 Å². The average molecular weight is 268 g/mol. The molecule has 106 valence electrons. The quantitative estimate of drug-likeness (QED) is 0.510. The highest BCUT2D eigenvalue weighted by Gasteiger charge is 2.71. The van der Waals surface area contributed by atoms with Crippen LogP contribution in [0, 0.1) is 5.41 Å². The van der Waals surface area contributed by atoms with Crippen molar-refractivity contribution in [3.05, 3.63) is 12.7 Å². The van der Waals surface area contributed by atoms with Gasteiger partial charge < -0.3 is 20.8 Å². The fraction of sp³-hybridized carbons (Fsp3) is 0.692. The number of aliphatic hydroxyl groups is 1. The van der Waals surface area contributed by atoms with E-state index >= 15 is 0 Å². The van der Waals surface area contributed by atoms with Gasteiger partial charge in [-0.05, 0) is 19.3 Å². The number of carboxylic acids is 1. The first-order chi connectivity index (χ1) is 8.90. The third-order valence-electron chi connectivity index (χ3n) is 4.45. The third kappa shape index (κ3) is 2.04. The fourth-order valence-electron chi connectivity index (χ4n) is 2.97. The second-order valence-electron chi connectivity index (χ2n) is 5.44. The summed E-state index contributed by atoms with van der Waals surface area (Å²) >= 11 is 0. The van der Waals surface area contributed by atoms with Gasteiger partial charge in [0.2, 0.25) is 5.91 Å². The third-order valence-corrected chi connectivity index (χ3v) is 4.45. The SMILES string of the molecule is C=C[C@]1(CC)C[C@]1(NC(=O)C1C[C@H](O)CN1)C(=O)O. The second kappa shape index (κ2) is 4.61. The van der Waals surface area contributed by atoms with Gasteiger partial charge in [-0.25, -0.2) is 4.79 Å². The molecule has 4 atom stereocenters. The first-order valence-corrected chi connectivity index (χ1v) is 6.51. The molecule has 0 bridgehead atoms. The summed E-state index contributed by atoms with van der Waals surface area (Å²) < 4.78 is 0. The topological polar surface area (TPSA) is 98.7 Å². The van der Waals surface area contributed by atoms with Crippen molar-refractivity contribution in [2.24, 2.45) is 5.41 Å². The van der Waals surface area contributed by atoms with Crippen LogP contribution in [0.4, 0.5) is 0 Å². The van der Waals surface area contributed by atoms with Crippen LogP contribution >= 0.6 is 0 Å². The highest BCUT2D eigenvalue weighted by molar-refractivity contribution is 5.93. The summed E-state index contributed by atoms with van der Waals surface area (Å²) in [4.78, 5) is 23.6. The standard InChI is InChI=1S/C13H20N2O4/c1-3-12(4-2)7-13(12,11(18)19)15-10(17)9-5-8(16)6-14-9/h3,8-9,14,16H,1,4-7H2,2H3,(H,15,17)(H,18,19)/t8-,9?,12-,13-/m0/s1. The van der Waals surface area contributed by atoms with Gasteiger partial charge in [-0.1, -0.05) is 13.0 Å². The van der Waals surface area contributed by atoms with E-state index in [-0.39, 0.29) is 5.91 Å². The highest BCUT2D eigenvalue weighted by Crippen LogP contribution is 2.59. The van der Waals surface area contributed by atoms with E-state index in [1.807, 2.05) is 6.92 Å². The van der Waals surface area contributed by atoms with Crippen LogP contribution in [0.5, 0.6) is 0 Å². The molecule has 1 saturated carbocycles. The van der Waals surface area contributed by atoms with Crippen molar-refractivity contribution in [3.8, 4) is 0 Å². The minimum Gasteiger partial charge on any atom is -0.479 e. The molecule has 1 aliphatic carbocycles. The molecule has 2 fully saturated rings. The van der Waals surface area contributed by atoms with E-state index in [0.717, 1.165) is 0 Å². The predicted octanol–water partition coefficient (Wildman–Crippen LogP) is -0.365. The van der Waals surface area contributed by atoms with Crippen molar-refractivity contribution < 1.29 is 19.8 Å². The maximum Gasteiger partial charge on any atom is 0.330 e. The molecule has 6 heteroatoms. The molecule has 0 aromatic rings. The lowest BCUT2D eigenvalue weighted by Crippen LogP contribution is -2.52. The summed E-state index contributed by atoms with van der Waals surface area (Å²) in [6, 6.07) is -0.522. The molecule has 1 heterocycles. The second-order valence-corrected chi connectivity index (χ2v) is 5.44. The Kier molecular flexibility index (Phi) is 3.40. The van der Waals surface area contributed by atoms with Gasteiger partial charge in [-0.2, -0.15) is 0 Å². The number of aliphatic hydroxyl groups excluding tert-OH is 1. The molecule has 1 aliphatic heterocycles. The zero-order valence-corrected chi connectivity index (χ0v) is 11.0. The number of hydrogen-bond donors (Lipinski definition) is 4. The number of carboxylic acid groups (broad SMARTS) is 1. The summed E-state index contributed by atoms with van der Waals surface area (Å²) in [6.07, 6.45) is 2.37. The molecule has 0 radical (unpaired) electrons. The summed E-state index contributed by atoms with van der Waals surface area (Å²) in [6.45, 7) is 5.93. The number of hydrogen-bond acceptors (Lipinski definition) is 4. The average Bonchev–Trinajstić information content (AvgIpc) is 2.83. The van der Waals surface area contributed by atoms with Crippen LogP contribution in [0.25, 0.3) is 0 Å². The van der Waals surface area contributed by atoms with Gasteiger partial charge in [0.05, 0.1) is 12.1 Å². The maximum atomic E-state index is 12.1. The number of amides is 1. The van der Waals surface area contributed by atoms with Crippen LogP contribution in [0.3, 0.4) is 0 Å². The Morgan fingerprint density at radius 3 is 2.63 bits per heavy atom. The fourth-order valence-corrected chi connectivity index (χ4v) is 2.97. The first kappa shape index (κ1) is 14.0. The summed E-state index contributed by atoms with van der Waals surface area (Å²) in [5.41, 5.74) is -1.80. The Morgan fingerprint density at radius 1 is 1.58 bits per heavy atom. The molecule has 4 N–H and O–H groups in total. The summed E-state index contributed by atoms with van der Waals surface area (Å²) in [7, 11) is 0. The minimum atomic E-state index is -1.24. The van der Waals surface area contributed by atoms with E-state index in [9.17, 15) is 19.8 Å². The molecule has 6 nitrogen and oxygen atoms in total. The van der Waals surface area contributed by atoms with E-state index in [0.29, 0.717) is 25.8 Å². The predicted molar refractivity (Wildman–Crippen MR) is 68.5 cm³/mol. The van der Waals surface area contributed by atoms with Crippen LogP contribution in [-0.4, -0.2) is 46.3 Å². The van der Waals surface area contributed by atoms with E-state index in [4.69, 9.17) is 0 Å². The van der Waals surface area contributed by atoms with Crippen LogP contribution in [0.2, 0.25) is 0 Å². The molecule has 2 rings (SSSR count). The molecular weight excluding hydrogens is 248 g/mol. The Bertz CT molecular complexity index is 425. The van der Waals surface area contributed by atoms with E-state index in [2.05, 4.69) is 17.2 Å². The van der Waals surface area contributed by atoms with Crippen molar-refractivity contribution in [2.45, 2.75) is 43.9 Å². The van der Waals surface area contributed by atoms with Gasteiger partial charge in [-0.15, -0.1) is 6.58 Å². The first-order valence-electron chi connectivity index (χ1n) is 6.51. The van der Waals surface area contributed by atoms with Crippen molar-refractivity contribution in [1.29, 1.82) is 0 Å². The number of β-amino-alcohol motifs (C(OH)–C–C–N with tert-alkyl or cyclic N) is 1. The number of rotatable bonds is 5. The number of aliphatic carboxylic acids is 1. The lowest BCUT2D eigenvalue weighted by Gasteiger charge is -2.22. The minimum absolute atomic E-state index is 0.314. The van der Waals surface area contributed by atoms with Gasteiger partial charge >= 0.3 is 5.97 Å². The Morgan fingerprint density at radius 2 is 2.26 bits per heavy atom. The molecule has 1 saturated heterocycles. The smallest absolute Gasteiger partial charge is 0.330 e. The zero-order chi connectivity index (χ0) is 14.3. The van der Waals surface area contributed by atoms with Crippen molar-refractivity contribution >= 4 is 11.9 Å². The molecule has 0 aromatic heterocycles. The van der Waals surface area contributed by atoms with Gasteiger partial charge in [0.25, 0.3) is 0 Å². The zero-order valence-electron chi connectivity index (χ0n) is 11.0. The van der Waals surface area contributed by atoms with Gasteiger partial charge in [0.15, 0.2) is 0 Å². The molecule has 0 aromatic carbocycles. The Balaban J connectivity index is 2.10. The van der Waals surface area contributed by atoms with Crippen LogP contribution < -0.4 is 10.6 Å². The van der Waals surface area contributed by atoms with Gasteiger partial charge in [0, 0.05) is 12.0 Å². The van der Waals surface area contributed by atoms with Crippen molar-refractivity contribution in [1.82, 2.24) is 10.6 Å². The molecule has 1 amide bonds. The van der Waals surface area contributed by atoms with Gasteiger partial charge in [0.1, 0.15) is 5.54 Å². The lowest BCUT2D eigenvalue weighted by atomic mass is 9.96. The molecule has 0 spiro atoms. The van der Waals surface area contributed by atoms with E-state index in [1.165, 1.54) is 0 Å². The molecular formula is C13H20N2O4. The Labute approximate surface area is 111 Å². The van der Waals surface area contributed by atoms with Gasteiger partial charge in [-0.3, -0.25) is 4.79 Å². The summed E-state index contributed by atoms with van der Waals surface area (Å²) in [5, 5.41) is 24.3. The van der Waals surface area contributed by atoms with E-state index < -0.39 is 29.1 Å². The highest BCUT2D eigenvalue weighted by atomic mass is 16.4. The number of carbonyl (C=O) groups is 2. The summed E-state index contributed by atoms with van der Waals surface area (Å²) in [5.74, 6) is -1.39. The number of nitrogens with one attached hydrogen (secondary N) is 2. The van der Waals surface area contributed by atoms with Crippen molar-refractivity contribution in [3.63, 3.8) is 0 Å². The maximum absolute atomic E-state index is 12.1. The molecule has 19 heavy (non-hydrogen) atoms. The van der Waals surface area contributed by atoms with Crippen LogP contribution in [0.15, 0.2) is 12.7 Å². The molecule has 2 aliphatic rings.